The van der Waals surface area contributed by atoms with E-state index in [9.17, 15) is 0 Å². The summed E-state index contributed by atoms with van der Waals surface area (Å²) in [6.45, 7) is 4.54. The van der Waals surface area contributed by atoms with Gasteiger partial charge in [-0.05, 0) is 23.6 Å². The predicted octanol–water partition coefficient (Wildman–Crippen LogP) is 3.19. The Morgan fingerprint density at radius 3 is 2.59 bits per heavy atom. The number of benzene rings is 1. The molecule has 0 N–H and O–H groups in total. The number of aromatic nitrogens is 1. The van der Waals surface area contributed by atoms with Crippen LogP contribution in [0.15, 0.2) is 29.0 Å². The van der Waals surface area contributed by atoms with Crippen LogP contribution in [0.2, 0.25) is 0 Å². The minimum absolute atomic E-state index is 0.280. The molecule has 0 saturated carbocycles. The molecule has 4 heteroatoms. The van der Waals surface area contributed by atoms with Gasteiger partial charge in [0.05, 0.1) is 6.20 Å². The molecule has 1 aromatic heterocycles. The van der Waals surface area contributed by atoms with Gasteiger partial charge in [0.25, 0.3) is 0 Å². The summed E-state index contributed by atoms with van der Waals surface area (Å²) < 4.78 is 16.1. The largest absolute Gasteiger partial charge is 0.454 e. The van der Waals surface area contributed by atoms with E-state index < -0.39 is 0 Å². The molecule has 1 aliphatic heterocycles. The molecule has 0 amide bonds. The van der Waals surface area contributed by atoms with E-state index in [0.29, 0.717) is 11.8 Å². The second-order valence-electron chi connectivity index (χ2n) is 4.28. The van der Waals surface area contributed by atoms with Crippen molar-refractivity contribution < 1.29 is 13.9 Å². The van der Waals surface area contributed by atoms with Gasteiger partial charge in [-0.3, -0.25) is 0 Å². The smallest absolute Gasteiger partial charge is 0.231 e. The number of hydrogen-bond acceptors (Lipinski definition) is 4. The third-order valence-electron chi connectivity index (χ3n) is 2.83. The van der Waals surface area contributed by atoms with Crippen LogP contribution in [0.4, 0.5) is 0 Å². The molecule has 0 spiro atoms. The van der Waals surface area contributed by atoms with Gasteiger partial charge in [0.1, 0.15) is 6.26 Å². The molecule has 2 heterocycles. The maximum absolute atomic E-state index is 5.39. The summed E-state index contributed by atoms with van der Waals surface area (Å²) in [5, 5.41) is 0. The van der Waals surface area contributed by atoms with E-state index in [0.717, 1.165) is 22.6 Å². The fourth-order valence-corrected chi connectivity index (χ4v) is 1.98. The van der Waals surface area contributed by atoms with E-state index in [1.807, 2.05) is 12.1 Å². The molecule has 0 atom stereocenters. The highest BCUT2D eigenvalue weighted by Crippen LogP contribution is 2.40. The van der Waals surface area contributed by atoms with Gasteiger partial charge in [-0.15, -0.1) is 0 Å². The molecule has 0 bridgehead atoms. The van der Waals surface area contributed by atoms with Crippen molar-refractivity contribution in [1.82, 2.24) is 4.98 Å². The molecule has 1 aromatic carbocycles. The molecule has 0 unspecified atom stereocenters. The van der Waals surface area contributed by atoms with Crippen molar-refractivity contribution in [3.8, 4) is 23.0 Å². The molecule has 0 saturated heterocycles. The average molecular weight is 231 g/mol. The van der Waals surface area contributed by atoms with Crippen LogP contribution < -0.4 is 9.47 Å². The lowest BCUT2D eigenvalue weighted by Gasteiger charge is -2.11. The fourth-order valence-electron chi connectivity index (χ4n) is 1.98. The second kappa shape index (κ2) is 3.80. The summed E-state index contributed by atoms with van der Waals surface area (Å²) >= 11 is 0. The molecule has 17 heavy (non-hydrogen) atoms. The zero-order valence-electron chi connectivity index (χ0n) is 9.77. The normalized spacial score (nSPS) is 13.4. The Balaban J connectivity index is 2.19. The number of rotatable bonds is 2. The third kappa shape index (κ3) is 1.65. The van der Waals surface area contributed by atoms with Gasteiger partial charge in [-0.1, -0.05) is 13.8 Å². The molecule has 0 radical (unpaired) electrons. The molecular formula is C13H13NO3. The van der Waals surface area contributed by atoms with Gasteiger partial charge < -0.3 is 13.9 Å². The van der Waals surface area contributed by atoms with E-state index in [2.05, 4.69) is 18.8 Å². The molecular weight excluding hydrogens is 218 g/mol. The summed E-state index contributed by atoms with van der Waals surface area (Å²) in [6, 6.07) is 3.94. The first-order valence-corrected chi connectivity index (χ1v) is 5.59. The highest BCUT2D eigenvalue weighted by atomic mass is 16.7. The summed E-state index contributed by atoms with van der Waals surface area (Å²) in [6.07, 6.45) is 3.22. The van der Waals surface area contributed by atoms with Crippen LogP contribution in [0, 0.1) is 0 Å². The lowest BCUT2D eigenvalue weighted by Crippen LogP contribution is -1.93. The Bertz CT molecular complexity index is 532. The first-order chi connectivity index (χ1) is 8.25. The Morgan fingerprint density at radius 1 is 1.18 bits per heavy atom. The van der Waals surface area contributed by atoms with Crippen molar-refractivity contribution >= 4 is 0 Å². The highest BCUT2D eigenvalue weighted by Gasteiger charge is 2.21. The summed E-state index contributed by atoms with van der Waals surface area (Å²) in [4.78, 5) is 4.19. The van der Waals surface area contributed by atoms with Crippen molar-refractivity contribution in [3.05, 3.63) is 30.2 Å². The van der Waals surface area contributed by atoms with Crippen LogP contribution in [-0.2, 0) is 0 Å². The first kappa shape index (κ1) is 10.2. The molecule has 0 aliphatic carbocycles. The summed E-state index contributed by atoms with van der Waals surface area (Å²) in [5.74, 6) is 2.53. The van der Waals surface area contributed by atoms with Gasteiger partial charge >= 0.3 is 0 Å². The van der Waals surface area contributed by atoms with E-state index in [4.69, 9.17) is 13.9 Å². The van der Waals surface area contributed by atoms with Gasteiger partial charge in [0.2, 0.25) is 12.7 Å². The van der Waals surface area contributed by atoms with E-state index in [1.54, 1.807) is 12.5 Å². The number of fused-ring (bicyclic) bond motifs is 1. The lowest BCUT2D eigenvalue weighted by atomic mass is 9.96. The van der Waals surface area contributed by atoms with Gasteiger partial charge in [0, 0.05) is 5.56 Å². The van der Waals surface area contributed by atoms with E-state index in [-0.39, 0.29) is 6.79 Å². The minimum Gasteiger partial charge on any atom is -0.454 e. The maximum Gasteiger partial charge on any atom is 0.231 e. The van der Waals surface area contributed by atoms with E-state index in [1.165, 1.54) is 0 Å². The average Bonchev–Trinajstić information content (AvgIpc) is 2.98. The number of hydrogen-bond donors (Lipinski definition) is 0. The Hall–Kier alpha value is -1.97. The number of nitrogens with zero attached hydrogens (tertiary/aromatic N) is 1. The van der Waals surface area contributed by atoms with Crippen LogP contribution in [-0.4, -0.2) is 11.8 Å². The summed E-state index contributed by atoms with van der Waals surface area (Å²) in [5.41, 5.74) is 2.12. The lowest BCUT2D eigenvalue weighted by molar-refractivity contribution is 0.174. The van der Waals surface area contributed by atoms with Gasteiger partial charge in [-0.25, -0.2) is 4.98 Å². The van der Waals surface area contributed by atoms with Crippen LogP contribution in [0.3, 0.4) is 0 Å². The molecule has 3 rings (SSSR count). The number of oxazole rings is 1. The van der Waals surface area contributed by atoms with Crippen molar-refractivity contribution in [3.63, 3.8) is 0 Å². The first-order valence-electron chi connectivity index (χ1n) is 5.59. The van der Waals surface area contributed by atoms with Crippen molar-refractivity contribution in [2.75, 3.05) is 6.79 Å². The topological polar surface area (TPSA) is 44.5 Å². The van der Waals surface area contributed by atoms with Gasteiger partial charge in [-0.2, -0.15) is 0 Å². The Kier molecular flexibility index (Phi) is 2.28. The maximum atomic E-state index is 5.39. The second-order valence-corrected chi connectivity index (χ2v) is 4.28. The van der Waals surface area contributed by atoms with Crippen LogP contribution >= 0.6 is 0 Å². The summed E-state index contributed by atoms with van der Waals surface area (Å²) in [7, 11) is 0. The molecule has 4 nitrogen and oxygen atoms in total. The molecule has 0 fully saturated rings. The monoisotopic (exact) mass is 231 g/mol. The van der Waals surface area contributed by atoms with Gasteiger partial charge in [0.15, 0.2) is 11.5 Å². The Labute approximate surface area is 99.2 Å². The zero-order valence-corrected chi connectivity index (χ0v) is 9.77. The third-order valence-corrected chi connectivity index (χ3v) is 2.83. The SMILES string of the molecule is CC(C)c1cc2c(cc1-c1ncco1)OCO2. The standard InChI is InChI=1S/C13H13NO3/c1-8(2)9-5-11-12(17-7-16-11)6-10(9)13-14-3-4-15-13/h3-6,8H,7H2,1-2H3. The fraction of sp³-hybridized carbons (Fsp3) is 0.308. The number of ether oxygens (including phenoxy) is 2. The predicted molar refractivity (Wildman–Crippen MR) is 62.2 cm³/mol. The highest BCUT2D eigenvalue weighted by molar-refractivity contribution is 5.66. The molecule has 2 aromatic rings. The van der Waals surface area contributed by atoms with Crippen molar-refractivity contribution in [1.29, 1.82) is 0 Å². The molecule has 88 valence electrons. The quantitative estimate of drug-likeness (QED) is 0.796. The molecule has 1 aliphatic rings. The van der Waals surface area contributed by atoms with Crippen LogP contribution in [0.5, 0.6) is 11.5 Å². The minimum atomic E-state index is 0.280. The van der Waals surface area contributed by atoms with Crippen molar-refractivity contribution in [2.24, 2.45) is 0 Å². The van der Waals surface area contributed by atoms with Crippen LogP contribution in [0.1, 0.15) is 25.3 Å². The van der Waals surface area contributed by atoms with Crippen molar-refractivity contribution in [2.45, 2.75) is 19.8 Å². The zero-order chi connectivity index (χ0) is 11.8. The van der Waals surface area contributed by atoms with E-state index >= 15 is 0 Å². The van der Waals surface area contributed by atoms with Crippen LogP contribution in [0.25, 0.3) is 11.5 Å². The Morgan fingerprint density at radius 2 is 1.94 bits per heavy atom.